The first kappa shape index (κ1) is 12.5. The molecule has 0 aromatic carbocycles. The molecule has 1 N–H and O–H groups in total. The van der Waals surface area contributed by atoms with Crippen LogP contribution in [-0.2, 0) is 0 Å². The van der Waals surface area contributed by atoms with Crippen molar-refractivity contribution in [3.05, 3.63) is 52.6 Å². The molecule has 1 amide bonds. The van der Waals surface area contributed by atoms with Crippen LogP contribution in [0.5, 0.6) is 0 Å². The third-order valence-electron chi connectivity index (χ3n) is 2.46. The number of carbonyl (C=O) groups is 1. The van der Waals surface area contributed by atoms with Crippen LogP contribution >= 0.6 is 11.6 Å². The number of nitrogens with one attached hydrogen (secondary N) is 1. The van der Waals surface area contributed by atoms with Crippen LogP contribution < -0.4 is 5.32 Å². The molecule has 2 aromatic heterocycles. The topological polar surface area (TPSA) is 54.9 Å². The van der Waals surface area contributed by atoms with Crippen molar-refractivity contribution in [2.75, 3.05) is 5.32 Å². The molecule has 0 radical (unpaired) electrons. The van der Waals surface area contributed by atoms with Gasteiger partial charge in [-0.05, 0) is 38.1 Å². The van der Waals surface area contributed by atoms with Crippen LogP contribution in [0.3, 0.4) is 0 Å². The maximum atomic E-state index is 12.0. The molecule has 2 rings (SSSR count). The number of nitrogens with zero attached hydrogens (tertiary/aromatic N) is 2. The molecule has 0 aliphatic rings. The Bertz CT molecular complexity index is 599. The summed E-state index contributed by atoms with van der Waals surface area (Å²) in [5.41, 5.74) is 2.70. The number of rotatable bonds is 2. The SMILES string of the molecule is Cc1cc(C(=O)Nc2ccc(Cl)nc2C)ccn1. The Kier molecular flexibility index (Phi) is 3.58. The highest BCUT2D eigenvalue weighted by Crippen LogP contribution is 2.16. The van der Waals surface area contributed by atoms with E-state index in [-0.39, 0.29) is 5.91 Å². The molecule has 18 heavy (non-hydrogen) atoms. The lowest BCUT2D eigenvalue weighted by Crippen LogP contribution is -2.13. The average molecular weight is 262 g/mol. The van der Waals surface area contributed by atoms with Crippen LogP contribution in [0.1, 0.15) is 21.7 Å². The van der Waals surface area contributed by atoms with E-state index in [0.717, 1.165) is 5.69 Å². The average Bonchev–Trinajstić information content (AvgIpc) is 2.32. The van der Waals surface area contributed by atoms with Crippen molar-refractivity contribution in [2.24, 2.45) is 0 Å². The maximum Gasteiger partial charge on any atom is 0.255 e. The van der Waals surface area contributed by atoms with E-state index in [4.69, 9.17) is 11.6 Å². The van der Waals surface area contributed by atoms with E-state index in [9.17, 15) is 4.79 Å². The first-order valence-electron chi connectivity index (χ1n) is 5.43. The number of hydrogen-bond donors (Lipinski definition) is 1. The lowest BCUT2D eigenvalue weighted by atomic mass is 10.2. The fourth-order valence-electron chi connectivity index (χ4n) is 1.54. The summed E-state index contributed by atoms with van der Waals surface area (Å²) < 4.78 is 0. The number of halogens is 1. The van der Waals surface area contributed by atoms with E-state index in [1.165, 1.54) is 0 Å². The van der Waals surface area contributed by atoms with Crippen molar-refractivity contribution in [1.82, 2.24) is 9.97 Å². The smallest absolute Gasteiger partial charge is 0.255 e. The normalized spacial score (nSPS) is 10.2. The highest BCUT2D eigenvalue weighted by molar-refractivity contribution is 6.29. The first-order chi connectivity index (χ1) is 8.56. The van der Waals surface area contributed by atoms with Crippen LogP contribution in [0, 0.1) is 13.8 Å². The summed E-state index contributed by atoms with van der Waals surface area (Å²) in [6, 6.07) is 6.77. The van der Waals surface area contributed by atoms with Crippen LogP contribution in [-0.4, -0.2) is 15.9 Å². The molecule has 0 spiro atoms. The minimum Gasteiger partial charge on any atom is -0.320 e. The van der Waals surface area contributed by atoms with E-state index in [1.54, 1.807) is 37.4 Å². The number of aromatic nitrogens is 2. The molecule has 4 nitrogen and oxygen atoms in total. The van der Waals surface area contributed by atoms with Crippen LogP contribution in [0.25, 0.3) is 0 Å². The number of hydrogen-bond acceptors (Lipinski definition) is 3. The second-order valence-electron chi connectivity index (χ2n) is 3.91. The summed E-state index contributed by atoms with van der Waals surface area (Å²) in [5.74, 6) is -0.187. The number of aryl methyl sites for hydroxylation is 2. The molecule has 5 heteroatoms. The highest BCUT2D eigenvalue weighted by atomic mass is 35.5. The Morgan fingerprint density at radius 1 is 1.28 bits per heavy atom. The molecule has 92 valence electrons. The van der Waals surface area contributed by atoms with Gasteiger partial charge in [-0.1, -0.05) is 11.6 Å². The van der Waals surface area contributed by atoms with Crippen molar-refractivity contribution in [2.45, 2.75) is 13.8 Å². The van der Waals surface area contributed by atoms with Gasteiger partial charge in [-0.15, -0.1) is 0 Å². The largest absolute Gasteiger partial charge is 0.320 e. The third kappa shape index (κ3) is 2.84. The van der Waals surface area contributed by atoms with Crippen molar-refractivity contribution < 1.29 is 4.79 Å². The standard InChI is InChI=1S/C13H12ClN3O/c1-8-7-10(5-6-15-8)13(18)17-11-3-4-12(14)16-9(11)2/h3-7H,1-2H3,(H,17,18). The number of anilines is 1. The quantitative estimate of drug-likeness (QED) is 0.846. The zero-order chi connectivity index (χ0) is 13.1. The van der Waals surface area contributed by atoms with Crippen LogP contribution in [0.4, 0.5) is 5.69 Å². The first-order valence-corrected chi connectivity index (χ1v) is 5.81. The van der Waals surface area contributed by atoms with Gasteiger partial charge in [0.15, 0.2) is 0 Å². The molecular formula is C13H12ClN3O. The Morgan fingerprint density at radius 3 is 2.72 bits per heavy atom. The van der Waals surface area contributed by atoms with Gasteiger partial charge >= 0.3 is 0 Å². The molecule has 2 heterocycles. The zero-order valence-corrected chi connectivity index (χ0v) is 10.8. The van der Waals surface area contributed by atoms with Crippen molar-refractivity contribution in [1.29, 1.82) is 0 Å². The molecule has 0 bridgehead atoms. The monoisotopic (exact) mass is 261 g/mol. The van der Waals surface area contributed by atoms with Gasteiger partial charge in [0, 0.05) is 17.5 Å². The summed E-state index contributed by atoms with van der Waals surface area (Å²) in [4.78, 5) is 20.1. The van der Waals surface area contributed by atoms with Crippen molar-refractivity contribution in [3.63, 3.8) is 0 Å². The summed E-state index contributed by atoms with van der Waals surface area (Å²) in [6.07, 6.45) is 1.61. The molecular weight excluding hydrogens is 250 g/mol. The van der Waals surface area contributed by atoms with Gasteiger partial charge in [-0.25, -0.2) is 4.98 Å². The van der Waals surface area contributed by atoms with Gasteiger partial charge in [0.1, 0.15) is 5.15 Å². The van der Waals surface area contributed by atoms with E-state index in [1.807, 2.05) is 6.92 Å². The fourth-order valence-corrected chi connectivity index (χ4v) is 1.73. The van der Waals surface area contributed by atoms with Gasteiger partial charge < -0.3 is 5.32 Å². The Hall–Kier alpha value is -1.94. The van der Waals surface area contributed by atoms with Gasteiger partial charge in [0.05, 0.1) is 11.4 Å². The third-order valence-corrected chi connectivity index (χ3v) is 2.67. The summed E-state index contributed by atoms with van der Waals surface area (Å²) in [7, 11) is 0. The lowest BCUT2D eigenvalue weighted by molar-refractivity contribution is 0.102. The minimum absolute atomic E-state index is 0.187. The van der Waals surface area contributed by atoms with Gasteiger partial charge in [0.2, 0.25) is 0 Å². The molecule has 0 saturated carbocycles. The summed E-state index contributed by atoms with van der Waals surface area (Å²) in [5, 5.41) is 3.20. The highest BCUT2D eigenvalue weighted by Gasteiger charge is 2.08. The number of pyridine rings is 2. The van der Waals surface area contributed by atoms with Crippen molar-refractivity contribution in [3.8, 4) is 0 Å². The number of carbonyl (C=O) groups excluding carboxylic acids is 1. The van der Waals surface area contributed by atoms with Gasteiger partial charge in [0.25, 0.3) is 5.91 Å². The van der Waals surface area contributed by atoms with Crippen LogP contribution in [0.15, 0.2) is 30.5 Å². The minimum atomic E-state index is -0.187. The molecule has 2 aromatic rings. The molecule has 0 aliphatic carbocycles. The summed E-state index contributed by atoms with van der Waals surface area (Å²) >= 11 is 5.76. The van der Waals surface area contributed by atoms with Gasteiger partial charge in [-0.2, -0.15) is 0 Å². The predicted octanol–water partition coefficient (Wildman–Crippen LogP) is 3.00. The molecule has 0 aliphatic heterocycles. The molecule has 0 fully saturated rings. The second-order valence-corrected chi connectivity index (χ2v) is 4.29. The van der Waals surface area contributed by atoms with E-state index >= 15 is 0 Å². The number of amides is 1. The van der Waals surface area contributed by atoms with E-state index in [2.05, 4.69) is 15.3 Å². The Morgan fingerprint density at radius 2 is 2.06 bits per heavy atom. The Labute approximate surface area is 110 Å². The van der Waals surface area contributed by atoms with E-state index < -0.39 is 0 Å². The molecule has 0 atom stereocenters. The van der Waals surface area contributed by atoms with E-state index in [0.29, 0.717) is 22.1 Å². The molecule has 0 saturated heterocycles. The van der Waals surface area contributed by atoms with Crippen molar-refractivity contribution >= 4 is 23.2 Å². The zero-order valence-electron chi connectivity index (χ0n) is 10.1. The summed E-state index contributed by atoms with van der Waals surface area (Å²) in [6.45, 7) is 3.63. The maximum absolute atomic E-state index is 12.0. The second kappa shape index (κ2) is 5.14. The van der Waals surface area contributed by atoms with Crippen LogP contribution in [0.2, 0.25) is 5.15 Å². The lowest BCUT2D eigenvalue weighted by Gasteiger charge is -2.08. The van der Waals surface area contributed by atoms with Gasteiger partial charge in [-0.3, -0.25) is 9.78 Å². The fraction of sp³-hybridized carbons (Fsp3) is 0.154. The predicted molar refractivity (Wildman–Crippen MR) is 70.9 cm³/mol. The molecule has 0 unspecified atom stereocenters. The Balaban J connectivity index is 2.21.